The van der Waals surface area contributed by atoms with Crippen molar-refractivity contribution in [1.29, 1.82) is 0 Å². The fourth-order valence-electron chi connectivity index (χ4n) is 2.30. The Balaban J connectivity index is 1.62. The summed E-state index contributed by atoms with van der Waals surface area (Å²) in [5, 5.41) is 0. The van der Waals surface area contributed by atoms with Gasteiger partial charge in [0, 0.05) is 5.56 Å². The van der Waals surface area contributed by atoms with E-state index in [1.165, 1.54) is 0 Å². The van der Waals surface area contributed by atoms with Crippen LogP contribution in [0.4, 0.5) is 17.6 Å². The summed E-state index contributed by atoms with van der Waals surface area (Å²) >= 11 is 0. The molecule has 142 valence electrons. The number of para-hydroxylation sites is 2. The molecule has 1 aliphatic rings. The molecule has 2 amide bonds. The van der Waals surface area contributed by atoms with Crippen molar-refractivity contribution in [2.75, 3.05) is 6.61 Å². The maximum atomic E-state index is 13.3. The normalized spacial score (nSPS) is 15.8. The first-order valence-corrected chi connectivity index (χ1v) is 7.61. The fraction of sp³-hybridized carbons (Fsp3) is 0.176. The summed E-state index contributed by atoms with van der Waals surface area (Å²) in [7, 11) is 0. The van der Waals surface area contributed by atoms with E-state index in [0.717, 1.165) is 6.07 Å². The zero-order valence-electron chi connectivity index (χ0n) is 13.5. The Hall–Kier alpha value is -3.30. The van der Waals surface area contributed by atoms with Crippen molar-refractivity contribution < 1.29 is 36.6 Å². The lowest BCUT2D eigenvalue weighted by Crippen LogP contribution is -2.50. The molecule has 2 N–H and O–H groups in total. The van der Waals surface area contributed by atoms with Gasteiger partial charge in [-0.25, -0.2) is 4.39 Å². The highest BCUT2D eigenvalue weighted by atomic mass is 19.4. The Morgan fingerprint density at radius 2 is 1.74 bits per heavy atom. The number of carbonyl (C=O) groups is 2. The average molecular weight is 384 g/mol. The number of benzene rings is 2. The minimum Gasteiger partial charge on any atom is -0.485 e. The second kappa shape index (κ2) is 7.14. The number of halogens is 4. The van der Waals surface area contributed by atoms with Crippen LogP contribution in [-0.4, -0.2) is 24.5 Å². The van der Waals surface area contributed by atoms with Crippen LogP contribution in [-0.2, 0) is 11.0 Å². The molecule has 1 heterocycles. The molecule has 0 spiro atoms. The monoisotopic (exact) mass is 384 g/mol. The third-order valence-electron chi connectivity index (χ3n) is 3.63. The molecule has 1 atom stereocenters. The van der Waals surface area contributed by atoms with Gasteiger partial charge in [0.05, 0.1) is 5.56 Å². The zero-order valence-corrected chi connectivity index (χ0v) is 13.5. The number of nitrogens with one attached hydrogen (secondary N) is 2. The molecule has 0 radical (unpaired) electrons. The van der Waals surface area contributed by atoms with E-state index in [4.69, 9.17) is 9.47 Å². The van der Waals surface area contributed by atoms with Crippen LogP contribution in [0.15, 0.2) is 42.5 Å². The van der Waals surface area contributed by atoms with Crippen molar-refractivity contribution in [3.63, 3.8) is 0 Å². The molecular formula is C17H12F4N2O4. The molecule has 0 bridgehead atoms. The largest absolute Gasteiger partial charge is 0.485 e. The van der Waals surface area contributed by atoms with Gasteiger partial charge in [0.15, 0.2) is 11.5 Å². The van der Waals surface area contributed by atoms with Gasteiger partial charge < -0.3 is 9.47 Å². The summed E-state index contributed by atoms with van der Waals surface area (Å²) in [6.07, 6.45) is -6.02. The van der Waals surface area contributed by atoms with E-state index in [9.17, 15) is 27.2 Å². The van der Waals surface area contributed by atoms with Crippen molar-refractivity contribution in [2.45, 2.75) is 12.3 Å². The average Bonchev–Trinajstić information content (AvgIpc) is 2.64. The first-order valence-electron chi connectivity index (χ1n) is 7.61. The van der Waals surface area contributed by atoms with Gasteiger partial charge in [0.2, 0.25) is 6.10 Å². The molecule has 3 rings (SSSR count). The van der Waals surface area contributed by atoms with Gasteiger partial charge >= 0.3 is 6.18 Å². The second-order valence-electron chi connectivity index (χ2n) is 5.50. The number of hydrazine groups is 1. The molecule has 1 unspecified atom stereocenters. The Morgan fingerprint density at radius 1 is 1.04 bits per heavy atom. The molecule has 0 saturated carbocycles. The van der Waals surface area contributed by atoms with Gasteiger partial charge in [-0.1, -0.05) is 12.1 Å². The van der Waals surface area contributed by atoms with Crippen LogP contribution >= 0.6 is 0 Å². The number of amides is 2. The van der Waals surface area contributed by atoms with Gasteiger partial charge in [-0.05, 0) is 30.3 Å². The highest BCUT2D eigenvalue weighted by Crippen LogP contribution is 2.32. The molecule has 2 aromatic rings. The van der Waals surface area contributed by atoms with Crippen molar-refractivity contribution >= 4 is 11.8 Å². The molecule has 0 saturated heterocycles. The van der Waals surface area contributed by atoms with E-state index in [2.05, 4.69) is 0 Å². The molecule has 10 heteroatoms. The molecule has 1 aliphatic heterocycles. The number of alkyl halides is 3. The van der Waals surface area contributed by atoms with Crippen molar-refractivity contribution in [1.82, 2.24) is 10.9 Å². The first kappa shape index (κ1) is 18.5. The lowest BCUT2D eigenvalue weighted by molar-refractivity contribution is -0.140. The van der Waals surface area contributed by atoms with E-state index >= 15 is 0 Å². The first-order chi connectivity index (χ1) is 12.8. The Morgan fingerprint density at radius 3 is 2.44 bits per heavy atom. The highest BCUT2D eigenvalue weighted by Gasteiger charge is 2.35. The molecule has 27 heavy (non-hydrogen) atoms. The highest BCUT2D eigenvalue weighted by molar-refractivity contribution is 5.96. The van der Waals surface area contributed by atoms with Crippen LogP contribution in [0.1, 0.15) is 15.9 Å². The van der Waals surface area contributed by atoms with Crippen LogP contribution in [0.5, 0.6) is 11.5 Å². The van der Waals surface area contributed by atoms with Crippen LogP contribution in [0, 0.1) is 5.82 Å². The predicted octanol–water partition coefficient (Wildman–Crippen LogP) is 2.45. The smallest absolute Gasteiger partial charge is 0.419 e. The molecule has 0 fully saturated rings. The lowest BCUT2D eigenvalue weighted by atomic mass is 10.1. The third kappa shape index (κ3) is 4.10. The van der Waals surface area contributed by atoms with E-state index in [-0.39, 0.29) is 6.61 Å². The maximum Gasteiger partial charge on any atom is 0.419 e. The lowest BCUT2D eigenvalue weighted by Gasteiger charge is -2.25. The molecule has 0 aromatic heterocycles. The number of hydrogen-bond acceptors (Lipinski definition) is 4. The summed E-state index contributed by atoms with van der Waals surface area (Å²) in [6, 6.07) is 8.38. The number of carbonyl (C=O) groups excluding carboxylic acids is 2. The summed E-state index contributed by atoms with van der Waals surface area (Å²) in [4.78, 5) is 24.0. The predicted molar refractivity (Wildman–Crippen MR) is 83.4 cm³/mol. The zero-order chi connectivity index (χ0) is 19.6. The van der Waals surface area contributed by atoms with Crippen molar-refractivity contribution in [3.8, 4) is 11.5 Å². The standard InChI is InChI=1S/C17H12F4N2O4/c18-11-6-5-9(7-10(11)17(19,20)21)15(24)22-23-16(25)14-8-26-12-3-1-2-4-13(12)27-14/h1-7,14H,8H2,(H,22,24)(H,23,25). The van der Waals surface area contributed by atoms with Crippen molar-refractivity contribution in [3.05, 3.63) is 59.4 Å². The Kier molecular flexibility index (Phi) is 4.89. The fourth-order valence-corrected chi connectivity index (χ4v) is 2.30. The summed E-state index contributed by atoms with van der Waals surface area (Å²) in [6.45, 7) is -0.118. The third-order valence-corrected chi connectivity index (χ3v) is 3.63. The number of ether oxygens (including phenoxy) is 2. The van der Waals surface area contributed by atoms with E-state index in [1.807, 2.05) is 10.9 Å². The minimum absolute atomic E-state index is 0.118. The maximum absolute atomic E-state index is 13.3. The van der Waals surface area contributed by atoms with Crippen LogP contribution in [0.3, 0.4) is 0 Å². The minimum atomic E-state index is -4.95. The van der Waals surface area contributed by atoms with Gasteiger partial charge in [-0.15, -0.1) is 0 Å². The second-order valence-corrected chi connectivity index (χ2v) is 5.50. The SMILES string of the molecule is O=C(NNC(=O)C1COc2ccccc2O1)c1ccc(F)c(C(F)(F)F)c1. The number of fused-ring (bicyclic) bond motifs is 1. The van der Waals surface area contributed by atoms with E-state index in [0.29, 0.717) is 23.6 Å². The van der Waals surface area contributed by atoms with Gasteiger partial charge in [-0.3, -0.25) is 20.4 Å². The van der Waals surface area contributed by atoms with E-state index in [1.54, 1.807) is 24.3 Å². The van der Waals surface area contributed by atoms with Crippen LogP contribution in [0.25, 0.3) is 0 Å². The molecule has 0 aliphatic carbocycles. The number of hydrogen-bond donors (Lipinski definition) is 2. The molecule has 2 aromatic carbocycles. The van der Waals surface area contributed by atoms with Crippen molar-refractivity contribution in [2.24, 2.45) is 0 Å². The summed E-state index contributed by atoms with van der Waals surface area (Å²) < 4.78 is 62.1. The van der Waals surface area contributed by atoms with Crippen LogP contribution < -0.4 is 20.3 Å². The summed E-state index contributed by atoms with van der Waals surface area (Å²) in [5.74, 6) is -2.53. The topological polar surface area (TPSA) is 76.7 Å². The van der Waals surface area contributed by atoms with Gasteiger partial charge in [0.1, 0.15) is 12.4 Å². The molecule has 6 nitrogen and oxygen atoms in total. The molecular weight excluding hydrogens is 372 g/mol. The Bertz CT molecular complexity index is 885. The number of rotatable bonds is 2. The summed E-state index contributed by atoms with van der Waals surface area (Å²) in [5.41, 5.74) is 1.93. The Labute approximate surface area is 150 Å². The van der Waals surface area contributed by atoms with Crippen LogP contribution in [0.2, 0.25) is 0 Å². The van der Waals surface area contributed by atoms with Gasteiger partial charge in [-0.2, -0.15) is 13.2 Å². The quantitative estimate of drug-likeness (QED) is 0.616. The van der Waals surface area contributed by atoms with Gasteiger partial charge in [0.25, 0.3) is 11.8 Å². The van der Waals surface area contributed by atoms with E-state index < -0.39 is 41.0 Å².